The summed E-state index contributed by atoms with van der Waals surface area (Å²) in [5.74, 6) is 1.14. The molecule has 1 rings (SSSR count). The van der Waals surface area contributed by atoms with Gasteiger partial charge in [0, 0.05) is 19.8 Å². The zero-order valence-electron chi connectivity index (χ0n) is 9.20. The molecule has 0 fully saturated rings. The molecular weight excluding hydrogens is 176 g/mol. The highest BCUT2D eigenvalue weighted by molar-refractivity contribution is 5.37. The number of nitrogens with zero attached hydrogens (tertiary/aromatic N) is 2. The number of nitrogens with one attached hydrogen (secondary N) is 1. The van der Waals surface area contributed by atoms with E-state index >= 15 is 0 Å². The molecule has 80 valence electrons. The Bertz CT molecular complexity index is 267. The molecule has 0 saturated carbocycles. The Hall–Kier alpha value is -1.03. The molecule has 0 bridgehead atoms. The van der Waals surface area contributed by atoms with E-state index < -0.39 is 0 Å². The molecule has 0 aromatic carbocycles. The van der Waals surface area contributed by atoms with Gasteiger partial charge in [-0.25, -0.2) is 0 Å². The minimum absolute atomic E-state index is 0.523. The minimum atomic E-state index is 0.523. The Morgan fingerprint density at radius 1 is 1.57 bits per heavy atom. The molecule has 0 aliphatic rings. The minimum Gasteiger partial charge on any atom is -0.382 e. The molecule has 0 aliphatic carbocycles. The van der Waals surface area contributed by atoms with Crippen LogP contribution in [0.2, 0.25) is 0 Å². The summed E-state index contributed by atoms with van der Waals surface area (Å²) in [6.07, 6.45) is 3.79. The summed E-state index contributed by atoms with van der Waals surface area (Å²) in [5.41, 5.74) is 6.74. The maximum atomic E-state index is 5.68. The van der Waals surface area contributed by atoms with E-state index in [1.54, 1.807) is 4.68 Å². The van der Waals surface area contributed by atoms with Crippen LogP contribution < -0.4 is 11.1 Å². The van der Waals surface area contributed by atoms with Crippen LogP contribution in [0.5, 0.6) is 0 Å². The molecule has 1 aromatic rings. The summed E-state index contributed by atoms with van der Waals surface area (Å²) in [7, 11) is 1.91. The van der Waals surface area contributed by atoms with Gasteiger partial charge in [-0.15, -0.1) is 0 Å². The second-order valence-corrected chi connectivity index (χ2v) is 4.02. The van der Waals surface area contributed by atoms with Gasteiger partial charge in [0.25, 0.3) is 0 Å². The van der Waals surface area contributed by atoms with Crippen molar-refractivity contribution in [3.63, 3.8) is 0 Å². The number of aromatic nitrogens is 2. The van der Waals surface area contributed by atoms with Crippen molar-refractivity contribution < 1.29 is 0 Å². The van der Waals surface area contributed by atoms with Crippen LogP contribution in [0, 0.1) is 11.8 Å². The van der Waals surface area contributed by atoms with Crippen LogP contribution in [0.3, 0.4) is 0 Å². The number of nitrogens with two attached hydrogens (primary N) is 1. The van der Waals surface area contributed by atoms with E-state index in [1.165, 1.54) is 0 Å². The summed E-state index contributed by atoms with van der Waals surface area (Å²) in [6, 6.07) is 0. The smallest absolute Gasteiger partial charge is 0.0726 e. The van der Waals surface area contributed by atoms with Crippen LogP contribution in [0.4, 0.5) is 5.69 Å². The van der Waals surface area contributed by atoms with E-state index in [9.17, 15) is 0 Å². The van der Waals surface area contributed by atoms with Crippen molar-refractivity contribution in [2.45, 2.75) is 13.8 Å². The largest absolute Gasteiger partial charge is 0.382 e. The molecule has 14 heavy (non-hydrogen) atoms. The van der Waals surface area contributed by atoms with Crippen LogP contribution >= 0.6 is 0 Å². The average molecular weight is 196 g/mol. The lowest BCUT2D eigenvalue weighted by molar-refractivity contribution is 0.413. The van der Waals surface area contributed by atoms with Gasteiger partial charge in [-0.05, 0) is 18.4 Å². The van der Waals surface area contributed by atoms with Crippen molar-refractivity contribution in [1.29, 1.82) is 0 Å². The fraction of sp³-hybridized carbons (Fsp3) is 0.700. The zero-order valence-corrected chi connectivity index (χ0v) is 9.20. The lowest BCUT2D eigenvalue weighted by Crippen LogP contribution is -2.27. The maximum absolute atomic E-state index is 5.68. The predicted molar refractivity (Wildman–Crippen MR) is 59.1 cm³/mol. The van der Waals surface area contributed by atoms with Crippen LogP contribution in [0.1, 0.15) is 13.8 Å². The average Bonchev–Trinajstić information content (AvgIpc) is 2.52. The summed E-state index contributed by atoms with van der Waals surface area (Å²) in [5, 5.41) is 7.42. The lowest BCUT2D eigenvalue weighted by atomic mass is 9.96. The fourth-order valence-electron chi connectivity index (χ4n) is 1.35. The molecular formula is C10H20N4. The van der Waals surface area contributed by atoms with Crippen LogP contribution in [0.25, 0.3) is 0 Å². The number of aryl methyl sites for hydroxylation is 1. The topological polar surface area (TPSA) is 55.9 Å². The Kier molecular flexibility index (Phi) is 3.95. The zero-order chi connectivity index (χ0) is 10.6. The van der Waals surface area contributed by atoms with Crippen molar-refractivity contribution in [2.75, 3.05) is 18.4 Å². The third kappa shape index (κ3) is 3.03. The standard InChI is InChI=1S/C10H20N4/c1-8(2)9(4-11)5-12-10-6-13-14(3)7-10/h6-9,12H,4-5,11H2,1-3H3. The van der Waals surface area contributed by atoms with Gasteiger partial charge in [-0.3, -0.25) is 4.68 Å². The highest BCUT2D eigenvalue weighted by Crippen LogP contribution is 2.11. The molecule has 0 amide bonds. The number of rotatable bonds is 5. The molecule has 0 aliphatic heterocycles. The van der Waals surface area contributed by atoms with Crippen molar-refractivity contribution in [1.82, 2.24) is 9.78 Å². The molecule has 1 unspecified atom stereocenters. The van der Waals surface area contributed by atoms with Crippen molar-refractivity contribution in [3.8, 4) is 0 Å². The van der Waals surface area contributed by atoms with Gasteiger partial charge in [-0.1, -0.05) is 13.8 Å². The van der Waals surface area contributed by atoms with Gasteiger partial charge in [0.15, 0.2) is 0 Å². The van der Waals surface area contributed by atoms with E-state index in [-0.39, 0.29) is 0 Å². The first-order chi connectivity index (χ1) is 6.63. The Morgan fingerprint density at radius 2 is 2.29 bits per heavy atom. The molecule has 0 radical (unpaired) electrons. The second-order valence-electron chi connectivity index (χ2n) is 4.02. The first-order valence-corrected chi connectivity index (χ1v) is 5.06. The fourth-order valence-corrected chi connectivity index (χ4v) is 1.35. The van der Waals surface area contributed by atoms with Gasteiger partial charge >= 0.3 is 0 Å². The van der Waals surface area contributed by atoms with E-state index in [4.69, 9.17) is 5.73 Å². The quantitative estimate of drug-likeness (QED) is 0.740. The monoisotopic (exact) mass is 196 g/mol. The Labute approximate surface area is 85.5 Å². The predicted octanol–water partition coefficient (Wildman–Crippen LogP) is 1.06. The Balaban J connectivity index is 2.39. The van der Waals surface area contributed by atoms with Gasteiger partial charge < -0.3 is 11.1 Å². The van der Waals surface area contributed by atoms with Gasteiger partial charge in [0.1, 0.15) is 0 Å². The number of hydrogen-bond acceptors (Lipinski definition) is 3. The normalized spacial score (nSPS) is 13.2. The van der Waals surface area contributed by atoms with Gasteiger partial charge in [0.05, 0.1) is 11.9 Å². The van der Waals surface area contributed by atoms with Crippen molar-refractivity contribution >= 4 is 5.69 Å². The Morgan fingerprint density at radius 3 is 2.71 bits per heavy atom. The van der Waals surface area contributed by atoms with Crippen molar-refractivity contribution in [2.24, 2.45) is 24.6 Å². The number of hydrogen-bond donors (Lipinski definition) is 2. The van der Waals surface area contributed by atoms with Crippen LogP contribution in [-0.4, -0.2) is 22.9 Å². The SMILES string of the molecule is CC(C)C(CN)CNc1cnn(C)c1. The van der Waals surface area contributed by atoms with E-state index in [2.05, 4.69) is 24.3 Å². The first-order valence-electron chi connectivity index (χ1n) is 5.06. The van der Waals surface area contributed by atoms with E-state index in [0.717, 1.165) is 18.8 Å². The first kappa shape index (κ1) is 11.0. The molecule has 4 nitrogen and oxygen atoms in total. The van der Waals surface area contributed by atoms with Gasteiger partial charge in [-0.2, -0.15) is 5.10 Å². The van der Waals surface area contributed by atoms with Crippen molar-refractivity contribution in [3.05, 3.63) is 12.4 Å². The van der Waals surface area contributed by atoms with Crippen LogP contribution in [-0.2, 0) is 7.05 Å². The summed E-state index contributed by atoms with van der Waals surface area (Å²) >= 11 is 0. The molecule has 3 N–H and O–H groups in total. The lowest BCUT2D eigenvalue weighted by Gasteiger charge is -2.19. The highest BCUT2D eigenvalue weighted by Gasteiger charge is 2.10. The molecule has 1 aromatic heterocycles. The second kappa shape index (κ2) is 5.00. The number of anilines is 1. The highest BCUT2D eigenvalue weighted by atomic mass is 15.3. The van der Waals surface area contributed by atoms with E-state index in [1.807, 2.05) is 19.4 Å². The summed E-state index contributed by atoms with van der Waals surface area (Å²) < 4.78 is 1.79. The third-order valence-corrected chi connectivity index (χ3v) is 2.52. The van der Waals surface area contributed by atoms with E-state index in [0.29, 0.717) is 11.8 Å². The maximum Gasteiger partial charge on any atom is 0.0726 e. The van der Waals surface area contributed by atoms with Gasteiger partial charge in [0.2, 0.25) is 0 Å². The van der Waals surface area contributed by atoms with Crippen LogP contribution in [0.15, 0.2) is 12.4 Å². The molecule has 0 spiro atoms. The molecule has 4 heteroatoms. The molecule has 1 heterocycles. The summed E-state index contributed by atoms with van der Waals surface area (Å²) in [6.45, 7) is 6.04. The third-order valence-electron chi connectivity index (χ3n) is 2.52. The molecule has 0 saturated heterocycles. The summed E-state index contributed by atoms with van der Waals surface area (Å²) in [4.78, 5) is 0. The molecule has 1 atom stereocenters.